The number of hydrogen-bond donors (Lipinski definition) is 0. The summed E-state index contributed by atoms with van der Waals surface area (Å²) in [5, 5.41) is 21.9. The monoisotopic (exact) mass is 444 g/mol. The van der Waals surface area contributed by atoms with Crippen LogP contribution in [-0.4, -0.2) is 48.7 Å². The lowest BCUT2D eigenvalue weighted by molar-refractivity contribution is -0.393. The molecule has 1 saturated heterocycles. The van der Waals surface area contributed by atoms with Crippen molar-refractivity contribution in [2.45, 2.75) is 4.90 Å². The van der Waals surface area contributed by atoms with Gasteiger partial charge in [0.05, 0.1) is 25.8 Å². The maximum absolute atomic E-state index is 13.3. The molecule has 0 bridgehead atoms. The van der Waals surface area contributed by atoms with E-state index in [1.54, 1.807) is 4.90 Å². The van der Waals surface area contributed by atoms with Crippen molar-refractivity contribution in [3.63, 3.8) is 0 Å². The van der Waals surface area contributed by atoms with Gasteiger partial charge in [-0.15, -0.1) is 0 Å². The lowest BCUT2D eigenvalue weighted by atomic mass is 10.2. The van der Waals surface area contributed by atoms with E-state index in [0.29, 0.717) is 0 Å². The highest BCUT2D eigenvalue weighted by Gasteiger charge is 2.31. The smallest absolute Gasteiger partial charge is 0.299 e. The van der Waals surface area contributed by atoms with E-state index in [1.807, 2.05) is 0 Å². The van der Waals surface area contributed by atoms with Crippen LogP contribution in [0.2, 0.25) is 5.02 Å². The van der Waals surface area contributed by atoms with E-state index in [-0.39, 0.29) is 41.8 Å². The second kappa shape index (κ2) is 7.89. The highest BCUT2D eigenvalue weighted by Crippen LogP contribution is 2.33. The molecule has 2 aromatic carbocycles. The summed E-state index contributed by atoms with van der Waals surface area (Å²) in [6.45, 7) is 0.302. The molecule has 2 aromatic rings. The van der Waals surface area contributed by atoms with Gasteiger partial charge < -0.3 is 4.90 Å². The molecule has 0 aliphatic carbocycles. The van der Waals surface area contributed by atoms with Crippen molar-refractivity contribution in [1.82, 2.24) is 4.31 Å². The molecule has 29 heavy (non-hydrogen) atoms. The van der Waals surface area contributed by atoms with E-state index in [2.05, 4.69) is 0 Å². The maximum Gasteiger partial charge on any atom is 0.299 e. The average molecular weight is 445 g/mol. The Hall–Kier alpha value is -2.83. The zero-order chi connectivity index (χ0) is 21.3. The van der Waals surface area contributed by atoms with Crippen LogP contribution in [0.1, 0.15) is 0 Å². The van der Waals surface area contributed by atoms with Gasteiger partial charge in [-0.1, -0.05) is 11.6 Å². The number of nitrogens with zero attached hydrogens (tertiary/aromatic N) is 4. The van der Waals surface area contributed by atoms with Crippen LogP contribution in [0.25, 0.3) is 0 Å². The number of nitro benzene ring substituents is 2. The molecule has 0 amide bonds. The molecule has 0 atom stereocenters. The van der Waals surface area contributed by atoms with Crippen molar-refractivity contribution in [3.05, 3.63) is 67.5 Å². The molecular formula is C16H14ClFN4O6S. The van der Waals surface area contributed by atoms with Crippen LogP contribution in [0.3, 0.4) is 0 Å². The van der Waals surface area contributed by atoms with Crippen LogP contribution in [-0.2, 0) is 10.0 Å². The summed E-state index contributed by atoms with van der Waals surface area (Å²) in [6, 6.07) is 6.42. The van der Waals surface area contributed by atoms with Crippen molar-refractivity contribution < 1.29 is 22.7 Å². The largest absolute Gasteiger partial charge is 0.363 e. The van der Waals surface area contributed by atoms with Gasteiger partial charge in [0.1, 0.15) is 11.5 Å². The minimum atomic E-state index is -3.92. The van der Waals surface area contributed by atoms with Crippen molar-refractivity contribution in [2.75, 3.05) is 31.1 Å². The van der Waals surface area contributed by atoms with Crippen molar-refractivity contribution >= 4 is 38.7 Å². The second-order valence-corrected chi connectivity index (χ2v) is 8.50. The molecule has 0 N–H and O–H groups in total. The second-order valence-electron chi connectivity index (χ2n) is 6.15. The minimum absolute atomic E-state index is 0.0193. The van der Waals surface area contributed by atoms with Gasteiger partial charge in [0.15, 0.2) is 0 Å². The number of piperazine rings is 1. The number of rotatable bonds is 5. The summed E-state index contributed by atoms with van der Waals surface area (Å²) in [5.41, 5.74) is -0.668. The molecular weight excluding hydrogens is 431 g/mol. The molecule has 0 radical (unpaired) electrons. The van der Waals surface area contributed by atoms with Gasteiger partial charge in [-0.3, -0.25) is 20.2 Å². The summed E-state index contributed by atoms with van der Waals surface area (Å²) in [7, 11) is -3.92. The standard InChI is InChI=1S/C16H14ClFN4O6S/c17-13-10-12(2-3-14(13)18)29(27,28)20-7-5-19(6-8-20)15-4-1-11(21(23)24)9-16(15)22(25)26/h1-4,9-10H,5-8H2. The fourth-order valence-electron chi connectivity index (χ4n) is 2.99. The highest BCUT2D eigenvalue weighted by molar-refractivity contribution is 7.89. The van der Waals surface area contributed by atoms with Crippen LogP contribution >= 0.6 is 11.6 Å². The van der Waals surface area contributed by atoms with Crippen LogP contribution in [0.15, 0.2) is 41.3 Å². The number of benzene rings is 2. The Morgan fingerprint density at radius 3 is 2.17 bits per heavy atom. The first kappa shape index (κ1) is 20.9. The van der Waals surface area contributed by atoms with Gasteiger partial charge in [-0.05, 0) is 24.3 Å². The average Bonchev–Trinajstić information content (AvgIpc) is 2.69. The maximum atomic E-state index is 13.3. The Bertz CT molecular complexity index is 1090. The zero-order valence-corrected chi connectivity index (χ0v) is 16.3. The molecule has 0 spiro atoms. The number of halogens is 2. The molecule has 10 nitrogen and oxygen atoms in total. The van der Waals surface area contributed by atoms with Gasteiger partial charge in [0.2, 0.25) is 10.0 Å². The van der Waals surface area contributed by atoms with Crippen LogP contribution in [0.4, 0.5) is 21.5 Å². The fourth-order valence-corrected chi connectivity index (χ4v) is 4.69. The van der Waals surface area contributed by atoms with Crippen molar-refractivity contribution in [2.24, 2.45) is 0 Å². The lowest BCUT2D eigenvalue weighted by Crippen LogP contribution is -2.48. The van der Waals surface area contributed by atoms with Crippen LogP contribution in [0.5, 0.6) is 0 Å². The van der Waals surface area contributed by atoms with Gasteiger partial charge in [0.25, 0.3) is 11.4 Å². The van der Waals surface area contributed by atoms with E-state index in [9.17, 15) is 33.0 Å². The van der Waals surface area contributed by atoms with E-state index in [4.69, 9.17) is 11.6 Å². The molecule has 1 aliphatic heterocycles. The summed E-state index contributed by atoms with van der Waals surface area (Å²) >= 11 is 5.67. The van der Waals surface area contributed by atoms with Crippen molar-refractivity contribution in [1.29, 1.82) is 0 Å². The minimum Gasteiger partial charge on any atom is -0.363 e. The SMILES string of the molecule is O=[N+]([O-])c1ccc(N2CCN(S(=O)(=O)c3ccc(F)c(Cl)c3)CC2)c([N+](=O)[O-])c1. The van der Waals surface area contributed by atoms with Crippen LogP contribution in [0, 0.1) is 26.0 Å². The van der Waals surface area contributed by atoms with Gasteiger partial charge in [-0.25, -0.2) is 12.8 Å². The Morgan fingerprint density at radius 2 is 1.62 bits per heavy atom. The number of anilines is 1. The van der Waals surface area contributed by atoms with Crippen molar-refractivity contribution in [3.8, 4) is 0 Å². The summed E-state index contributed by atoms with van der Waals surface area (Å²) in [4.78, 5) is 22.2. The third-order valence-corrected chi connectivity index (χ3v) is 6.66. The molecule has 13 heteroatoms. The Labute approximate surface area is 169 Å². The topological polar surface area (TPSA) is 127 Å². The molecule has 0 saturated carbocycles. The number of nitro groups is 2. The van der Waals surface area contributed by atoms with E-state index in [0.717, 1.165) is 30.3 Å². The quantitative estimate of drug-likeness (QED) is 0.512. The third kappa shape index (κ3) is 4.13. The summed E-state index contributed by atoms with van der Waals surface area (Å²) in [6.07, 6.45) is 0. The Morgan fingerprint density at radius 1 is 0.966 bits per heavy atom. The predicted octanol–water partition coefficient (Wildman–Crippen LogP) is 2.81. The molecule has 1 fully saturated rings. The van der Waals surface area contributed by atoms with Crippen LogP contribution < -0.4 is 4.90 Å². The molecule has 1 heterocycles. The first-order valence-electron chi connectivity index (χ1n) is 8.24. The normalized spacial score (nSPS) is 15.3. The predicted molar refractivity (Wildman–Crippen MR) is 102 cm³/mol. The van der Waals surface area contributed by atoms with Gasteiger partial charge in [0, 0.05) is 32.2 Å². The molecule has 154 valence electrons. The Balaban J connectivity index is 1.81. The summed E-state index contributed by atoms with van der Waals surface area (Å²) in [5.74, 6) is -0.735. The van der Waals surface area contributed by atoms with E-state index in [1.165, 1.54) is 10.4 Å². The molecule has 1 aliphatic rings. The van der Waals surface area contributed by atoms with Gasteiger partial charge in [-0.2, -0.15) is 4.31 Å². The van der Waals surface area contributed by atoms with Gasteiger partial charge >= 0.3 is 0 Å². The molecule has 3 rings (SSSR count). The first-order valence-corrected chi connectivity index (χ1v) is 10.1. The molecule has 0 aromatic heterocycles. The van der Waals surface area contributed by atoms with E-state index < -0.39 is 37.1 Å². The fraction of sp³-hybridized carbons (Fsp3) is 0.250. The number of hydrogen-bond acceptors (Lipinski definition) is 7. The lowest BCUT2D eigenvalue weighted by Gasteiger charge is -2.35. The third-order valence-electron chi connectivity index (χ3n) is 4.47. The number of sulfonamides is 1. The van der Waals surface area contributed by atoms with E-state index >= 15 is 0 Å². The Kier molecular flexibility index (Phi) is 5.68. The number of non-ortho nitro benzene ring substituents is 1. The summed E-state index contributed by atoms with van der Waals surface area (Å²) < 4.78 is 39.9. The molecule has 0 unspecified atom stereocenters. The first-order chi connectivity index (χ1) is 13.6. The zero-order valence-electron chi connectivity index (χ0n) is 14.7. The highest BCUT2D eigenvalue weighted by atomic mass is 35.5.